The van der Waals surface area contributed by atoms with E-state index < -0.39 is 4.92 Å². The summed E-state index contributed by atoms with van der Waals surface area (Å²) < 4.78 is 0. The zero-order valence-corrected chi connectivity index (χ0v) is 14.9. The van der Waals surface area contributed by atoms with Gasteiger partial charge in [0, 0.05) is 42.3 Å². The maximum Gasteiger partial charge on any atom is 0.269 e. The molecule has 0 bridgehead atoms. The summed E-state index contributed by atoms with van der Waals surface area (Å²) in [5.41, 5.74) is 3.75. The smallest absolute Gasteiger partial charge is 0.269 e. The monoisotopic (exact) mass is 364 g/mol. The molecule has 0 aliphatic carbocycles. The third kappa shape index (κ3) is 4.39. The van der Waals surface area contributed by atoms with Crippen molar-refractivity contribution in [2.45, 2.75) is 13.5 Å². The molecule has 0 aliphatic heterocycles. The average molecular weight is 364 g/mol. The van der Waals surface area contributed by atoms with Gasteiger partial charge in [0.25, 0.3) is 11.6 Å². The lowest BCUT2D eigenvalue weighted by Crippen LogP contribution is -2.13. The van der Waals surface area contributed by atoms with E-state index in [0.29, 0.717) is 16.8 Å². The molecule has 0 saturated heterocycles. The Kier molecular flexibility index (Phi) is 5.63. The highest BCUT2D eigenvalue weighted by atomic mass is 16.6. The topological polar surface area (TPSA) is 100 Å². The standard InChI is InChI=1S/C20H20N4O3/c1-2-21-11-14-3-7-16(8-4-14)23-20(25)19-13-22-12-18(19)15-5-9-17(10-6-15)24(26)27/h3-10,12-13,21-22H,2,11H2,1H3,(H,23,25). The van der Waals surface area contributed by atoms with E-state index in [9.17, 15) is 14.9 Å². The van der Waals surface area contributed by atoms with Gasteiger partial charge in [-0.05, 0) is 41.9 Å². The third-order valence-electron chi connectivity index (χ3n) is 4.17. The van der Waals surface area contributed by atoms with Gasteiger partial charge in [-0.3, -0.25) is 14.9 Å². The molecular formula is C20H20N4O3. The fourth-order valence-electron chi connectivity index (χ4n) is 2.73. The van der Waals surface area contributed by atoms with Crippen LogP contribution in [0.15, 0.2) is 60.9 Å². The van der Waals surface area contributed by atoms with Gasteiger partial charge in [-0.2, -0.15) is 0 Å². The highest BCUT2D eigenvalue weighted by Crippen LogP contribution is 2.26. The van der Waals surface area contributed by atoms with Gasteiger partial charge in [-0.1, -0.05) is 19.1 Å². The Labute approximate surface area is 156 Å². The minimum absolute atomic E-state index is 0.0120. The summed E-state index contributed by atoms with van der Waals surface area (Å²) in [4.78, 5) is 25.9. The van der Waals surface area contributed by atoms with Crippen LogP contribution in [-0.2, 0) is 6.54 Å². The van der Waals surface area contributed by atoms with Gasteiger partial charge in [-0.25, -0.2) is 0 Å². The zero-order valence-electron chi connectivity index (χ0n) is 14.9. The van der Waals surface area contributed by atoms with Crippen LogP contribution in [0.3, 0.4) is 0 Å². The summed E-state index contributed by atoms with van der Waals surface area (Å²) in [6.07, 6.45) is 3.32. The number of benzene rings is 2. The number of anilines is 1. The predicted octanol–water partition coefficient (Wildman–Crippen LogP) is 3.95. The Morgan fingerprint density at radius 3 is 2.41 bits per heavy atom. The van der Waals surface area contributed by atoms with Crippen molar-refractivity contribution in [3.63, 3.8) is 0 Å². The Morgan fingerprint density at radius 2 is 1.78 bits per heavy atom. The summed E-state index contributed by atoms with van der Waals surface area (Å²) in [7, 11) is 0. The molecule has 0 aliphatic rings. The number of hydrogen-bond acceptors (Lipinski definition) is 4. The molecule has 3 N–H and O–H groups in total. The molecule has 0 saturated carbocycles. The van der Waals surface area contributed by atoms with Crippen LogP contribution in [0.1, 0.15) is 22.8 Å². The number of amides is 1. The highest BCUT2D eigenvalue weighted by molar-refractivity contribution is 6.08. The maximum absolute atomic E-state index is 12.6. The van der Waals surface area contributed by atoms with Crippen molar-refractivity contribution < 1.29 is 9.72 Å². The van der Waals surface area contributed by atoms with Crippen molar-refractivity contribution in [3.8, 4) is 11.1 Å². The second kappa shape index (κ2) is 8.29. The minimum Gasteiger partial charge on any atom is -0.366 e. The first-order valence-electron chi connectivity index (χ1n) is 8.61. The second-order valence-electron chi connectivity index (χ2n) is 6.02. The summed E-state index contributed by atoms with van der Waals surface area (Å²) in [5.74, 6) is -0.246. The molecule has 3 aromatic rings. The molecule has 27 heavy (non-hydrogen) atoms. The van der Waals surface area contributed by atoms with Crippen LogP contribution in [0.5, 0.6) is 0 Å². The Balaban J connectivity index is 1.74. The number of aromatic amines is 1. The van der Waals surface area contributed by atoms with E-state index in [4.69, 9.17) is 0 Å². The van der Waals surface area contributed by atoms with Crippen molar-refractivity contribution in [3.05, 3.63) is 82.2 Å². The molecule has 0 atom stereocenters. The van der Waals surface area contributed by atoms with Gasteiger partial charge in [0.15, 0.2) is 0 Å². The molecule has 1 heterocycles. The Morgan fingerprint density at radius 1 is 1.07 bits per heavy atom. The number of hydrogen-bond donors (Lipinski definition) is 3. The molecular weight excluding hydrogens is 344 g/mol. The number of nitrogens with zero attached hydrogens (tertiary/aromatic N) is 1. The van der Waals surface area contributed by atoms with Gasteiger partial charge in [0.05, 0.1) is 10.5 Å². The number of nitrogens with one attached hydrogen (secondary N) is 3. The van der Waals surface area contributed by atoms with Crippen molar-refractivity contribution in [2.24, 2.45) is 0 Å². The van der Waals surface area contributed by atoms with E-state index in [2.05, 4.69) is 15.6 Å². The average Bonchev–Trinajstić information content (AvgIpc) is 3.17. The van der Waals surface area contributed by atoms with Crippen molar-refractivity contribution in [1.82, 2.24) is 10.3 Å². The predicted molar refractivity (Wildman–Crippen MR) is 105 cm³/mol. The van der Waals surface area contributed by atoms with Crippen molar-refractivity contribution >= 4 is 17.3 Å². The quantitative estimate of drug-likeness (QED) is 0.436. The highest BCUT2D eigenvalue weighted by Gasteiger charge is 2.15. The number of carbonyl (C=O) groups is 1. The lowest BCUT2D eigenvalue weighted by atomic mass is 10.0. The first-order chi connectivity index (χ1) is 13.1. The fraction of sp³-hybridized carbons (Fsp3) is 0.150. The lowest BCUT2D eigenvalue weighted by molar-refractivity contribution is -0.384. The van der Waals surface area contributed by atoms with Crippen LogP contribution in [-0.4, -0.2) is 22.4 Å². The first kappa shape index (κ1) is 18.3. The SMILES string of the molecule is CCNCc1ccc(NC(=O)c2c[nH]cc2-c2ccc([N+](=O)[O-])cc2)cc1. The summed E-state index contributed by atoms with van der Waals surface area (Å²) in [6.45, 7) is 3.73. The first-order valence-corrected chi connectivity index (χ1v) is 8.61. The van der Waals surface area contributed by atoms with Crippen LogP contribution in [0.4, 0.5) is 11.4 Å². The molecule has 1 amide bonds. The second-order valence-corrected chi connectivity index (χ2v) is 6.02. The summed E-state index contributed by atoms with van der Waals surface area (Å²) in [6, 6.07) is 13.8. The molecule has 0 unspecified atom stereocenters. The van der Waals surface area contributed by atoms with Crippen LogP contribution in [0, 0.1) is 10.1 Å². The normalized spacial score (nSPS) is 10.6. The number of nitro groups is 1. The molecule has 138 valence electrons. The van der Waals surface area contributed by atoms with Crippen molar-refractivity contribution in [1.29, 1.82) is 0 Å². The van der Waals surface area contributed by atoms with Crippen molar-refractivity contribution in [2.75, 3.05) is 11.9 Å². The molecule has 7 nitrogen and oxygen atoms in total. The molecule has 0 fully saturated rings. The molecule has 2 aromatic carbocycles. The fourth-order valence-corrected chi connectivity index (χ4v) is 2.73. The summed E-state index contributed by atoms with van der Waals surface area (Å²) in [5, 5.41) is 16.9. The molecule has 0 spiro atoms. The minimum atomic E-state index is -0.450. The molecule has 0 radical (unpaired) electrons. The number of nitro benzene ring substituents is 1. The van der Waals surface area contributed by atoms with Gasteiger partial charge in [-0.15, -0.1) is 0 Å². The van der Waals surface area contributed by atoms with Gasteiger partial charge in [0.1, 0.15) is 0 Å². The molecule has 1 aromatic heterocycles. The largest absolute Gasteiger partial charge is 0.366 e. The molecule has 3 rings (SSSR count). The van der Waals surface area contributed by atoms with Gasteiger partial charge >= 0.3 is 0 Å². The summed E-state index contributed by atoms with van der Waals surface area (Å²) >= 11 is 0. The third-order valence-corrected chi connectivity index (χ3v) is 4.17. The number of H-pyrrole nitrogens is 1. The number of aromatic nitrogens is 1. The Bertz CT molecular complexity index is 931. The maximum atomic E-state index is 12.6. The van der Waals surface area contributed by atoms with Gasteiger partial charge in [0.2, 0.25) is 0 Å². The number of rotatable bonds is 7. The van der Waals surface area contributed by atoms with Crippen LogP contribution in [0.25, 0.3) is 11.1 Å². The van der Waals surface area contributed by atoms with E-state index in [1.165, 1.54) is 12.1 Å². The van der Waals surface area contributed by atoms with E-state index in [0.717, 1.165) is 24.2 Å². The lowest BCUT2D eigenvalue weighted by Gasteiger charge is -2.08. The van der Waals surface area contributed by atoms with Crippen LogP contribution >= 0.6 is 0 Å². The van der Waals surface area contributed by atoms with E-state index in [1.54, 1.807) is 24.5 Å². The number of carbonyl (C=O) groups excluding carboxylic acids is 1. The van der Waals surface area contributed by atoms with Crippen LogP contribution in [0.2, 0.25) is 0 Å². The van der Waals surface area contributed by atoms with E-state index in [1.807, 2.05) is 31.2 Å². The van der Waals surface area contributed by atoms with Crippen LogP contribution < -0.4 is 10.6 Å². The van der Waals surface area contributed by atoms with E-state index in [-0.39, 0.29) is 11.6 Å². The van der Waals surface area contributed by atoms with Gasteiger partial charge < -0.3 is 15.6 Å². The number of non-ortho nitro benzene ring substituents is 1. The Hall–Kier alpha value is -3.45. The zero-order chi connectivity index (χ0) is 19.2. The van der Waals surface area contributed by atoms with E-state index >= 15 is 0 Å². The molecule has 7 heteroatoms.